The van der Waals surface area contributed by atoms with Crippen molar-refractivity contribution < 1.29 is 4.79 Å². The summed E-state index contributed by atoms with van der Waals surface area (Å²) in [5, 5.41) is 0. The number of hydrogen-bond acceptors (Lipinski definition) is 1. The highest BCUT2D eigenvalue weighted by molar-refractivity contribution is 5.81. The SMILES string of the molecule is CCCCCCCCCCCCCCCC(C)(C)C(C)=O. The summed E-state index contributed by atoms with van der Waals surface area (Å²) in [5.74, 6) is 0.335. The van der Waals surface area contributed by atoms with Crippen LogP contribution in [0.4, 0.5) is 0 Å². The van der Waals surface area contributed by atoms with Crippen molar-refractivity contribution >= 4 is 5.78 Å². The Balaban J connectivity index is 3.18. The fraction of sp³-hybridized carbons (Fsp3) is 0.950. The van der Waals surface area contributed by atoms with Crippen molar-refractivity contribution in [3.8, 4) is 0 Å². The number of unbranched alkanes of at least 4 members (excludes halogenated alkanes) is 12. The minimum absolute atomic E-state index is 0.0994. The molecule has 0 heterocycles. The molecule has 0 aromatic rings. The molecule has 21 heavy (non-hydrogen) atoms. The second kappa shape index (κ2) is 13.3. The second-order valence-electron chi connectivity index (χ2n) is 7.43. The van der Waals surface area contributed by atoms with E-state index in [0.29, 0.717) is 5.78 Å². The molecule has 126 valence electrons. The van der Waals surface area contributed by atoms with Crippen LogP contribution in [-0.4, -0.2) is 5.78 Å². The Morgan fingerprint density at radius 3 is 1.33 bits per heavy atom. The summed E-state index contributed by atoms with van der Waals surface area (Å²) in [7, 11) is 0. The van der Waals surface area contributed by atoms with Gasteiger partial charge in [-0.1, -0.05) is 104 Å². The fourth-order valence-corrected chi connectivity index (χ4v) is 2.76. The van der Waals surface area contributed by atoms with Crippen molar-refractivity contribution in [2.75, 3.05) is 0 Å². The molecule has 0 aliphatic carbocycles. The Hall–Kier alpha value is -0.330. The smallest absolute Gasteiger partial charge is 0.135 e. The van der Waals surface area contributed by atoms with Crippen molar-refractivity contribution in [2.24, 2.45) is 5.41 Å². The average Bonchev–Trinajstić information content (AvgIpc) is 2.43. The molecule has 0 radical (unpaired) electrons. The predicted octanol–water partition coefficient (Wildman–Crippen LogP) is 7.08. The van der Waals surface area contributed by atoms with Crippen LogP contribution in [-0.2, 0) is 4.79 Å². The molecule has 0 bridgehead atoms. The summed E-state index contributed by atoms with van der Waals surface area (Å²) in [4.78, 5) is 11.4. The molecule has 0 unspecified atom stereocenters. The van der Waals surface area contributed by atoms with Gasteiger partial charge < -0.3 is 0 Å². The first-order valence-electron chi connectivity index (χ1n) is 9.51. The third kappa shape index (κ3) is 13.1. The number of ketones is 1. The van der Waals surface area contributed by atoms with Crippen LogP contribution in [0, 0.1) is 5.41 Å². The lowest BCUT2D eigenvalue weighted by Gasteiger charge is -2.20. The lowest BCUT2D eigenvalue weighted by atomic mass is 9.83. The third-order valence-corrected chi connectivity index (χ3v) is 4.86. The van der Waals surface area contributed by atoms with Gasteiger partial charge >= 0.3 is 0 Å². The monoisotopic (exact) mass is 296 g/mol. The van der Waals surface area contributed by atoms with Crippen molar-refractivity contribution in [3.63, 3.8) is 0 Å². The summed E-state index contributed by atoms with van der Waals surface area (Å²) in [6.45, 7) is 8.16. The van der Waals surface area contributed by atoms with Crippen molar-refractivity contribution in [2.45, 2.75) is 118 Å². The first-order chi connectivity index (χ1) is 10.0. The van der Waals surface area contributed by atoms with Gasteiger partial charge in [-0.15, -0.1) is 0 Å². The molecule has 0 aliphatic heterocycles. The Morgan fingerprint density at radius 2 is 1.00 bits per heavy atom. The van der Waals surface area contributed by atoms with Gasteiger partial charge in [0.1, 0.15) is 5.78 Å². The van der Waals surface area contributed by atoms with Gasteiger partial charge in [-0.05, 0) is 13.3 Å². The van der Waals surface area contributed by atoms with Crippen molar-refractivity contribution in [3.05, 3.63) is 0 Å². The molecular formula is C20H40O. The molecule has 1 nitrogen and oxygen atoms in total. The van der Waals surface area contributed by atoms with E-state index in [1.165, 1.54) is 83.5 Å². The number of carbonyl (C=O) groups is 1. The quantitative estimate of drug-likeness (QED) is 0.295. The normalized spacial score (nSPS) is 11.8. The molecule has 1 heteroatoms. The van der Waals surface area contributed by atoms with Crippen LogP contribution in [0.1, 0.15) is 118 Å². The van der Waals surface area contributed by atoms with E-state index in [9.17, 15) is 4.79 Å². The van der Waals surface area contributed by atoms with E-state index in [1.54, 1.807) is 6.92 Å². The lowest BCUT2D eigenvalue weighted by Crippen LogP contribution is -2.20. The Kier molecular flexibility index (Phi) is 13.1. The molecule has 0 N–H and O–H groups in total. The molecule has 0 spiro atoms. The van der Waals surface area contributed by atoms with Crippen LogP contribution in [0.2, 0.25) is 0 Å². The lowest BCUT2D eigenvalue weighted by molar-refractivity contribution is -0.125. The van der Waals surface area contributed by atoms with E-state index in [-0.39, 0.29) is 5.41 Å². The summed E-state index contributed by atoms with van der Waals surface area (Å²) in [6.07, 6.45) is 19.1. The largest absolute Gasteiger partial charge is 0.299 e. The maximum atomic E-state index is 11.4. The van der Waals surface area contributed by atoms with Crippen molar-refractivity contribution in [1.82, 2.24) is 0 Å². The Labute approximate surface area is 134 Å². The maximum Gasteiger partial charge on any atom is 0.135 e. The third-order valence-electron chi connectivity index (χ3n) is 4.86. The average molecular weight is 297 g/mol. The highest BCUT2D eigenvalue weighted by Crippen LogP contribution is 2.25. The van der Waals surface area contributed by atoms with Crippen LogP contribution in [0.15, 0.2) is 0 Å². The number of hydrogen-bond donors (Lipinski definition) is 0. The van der Waals surface area contributed by atoms with Crippen molar-refractivity contribution in [1.29, 1.82) is 0 Å². The van der Waals surface area contributed by atoms with Gasteiger partial charge in [0.2, 0.25) is 0 Å². The Morgan fingerprint density at radius 1 is 0.667 bits per heavy atom. The molecular weight excluding hydrogens is 256 g/mol. The van der Waals surface area contributed by atoms with E-state index >= 15 is 0 Å². The topological polar surface area (TPSA) is 17.1 Å². The summed E-state index contributed by atoms with van der Waals surface area (Å²) in [6, 6.07) is 0. The van der Waals surface area contributed by atoms with Crippen LogP contribution >= 0.6 is 0 Å². The minimum Gasteiger partial charge on any atom is -0.299 e. The van der Waals surface area contributed by atoms with Gasteiger partial charge in [0.15, 0.2) is 0 Å². The molecule has 0 aromatic carbocycles. The summed E-state index contributed by atoms with van der Waals surface area (Å²) in [5.41, 5.74) is -0.0994. The van der Waals surface area contributed by atoms with E-state index in [4.69, 9.17) is 0 Å². The molecule has 0 rings (SSSR count). The molecule has 0 fully saturated rings. The second-order valence-corrected chi connectivity index (χ2v) is 7.43. The maximum absolute atomic E-state index is 11.4. The van der Waals surface area contributed by atoms with Crippen LogP contribution < -0.4 is 0 Å². The standard InChI is InChI=1S/C20H40O/c1-5-6-7-8-9-10-11-12-13-14-15-16-17-18-20(3,4)19(2)21/h5-18H2,1-4H3. The van der Waals surface area contributed by atoms with Crippen LogP contribution in [0.5, 0.6) is 0 Å². The predicted molar refractivity (Wildman–Crippen MR) is 94.8 cm³/mol. The number of rotatable bonds is 15. The summed E-state index contributed by atoms with van der Waals surface area (Å²) < 4.78 is 0. The van der Waals surface area contributed by atoms with Gasteiger partial charge in [0.05, 0.1) is 0 Å². The first-order valence-corrected chi connectivity index (χ1v) is 9.51. The highest BCUT2D eigenvalue weighted by Gasteiger charge is 2.22. The zero-order valence-electron chi connectivity index (χ0n) is 15.3. The minimum atomic E-state index is -0.0994. The fourth-order valence-electron chi connectivity index (χ4n) is 2.76. The molecule has 0 saturated carbocycles. The molecule has 0 atom stereocenters. The van der Waals surface area contributed by atoms with Gasteiger partial charge in [0.25, 0.3) is 0 Å². The summed E-state index contributed by atoms with van der Waals surface area (Å²) >= 11 is 0. The van der Waals surface area contributed by atoms with E-state index in [2.05, 4.69) is 20.8 Å². The number of carbonyl (C=O) groups excluding carboxylic acids is 1. The number of Topliss-reactive ketones (excluding diaryl/α,β-unsaturated/α-hetero) is 1. The van der Waals surface area contributed by atoms with E-state index in [0.717, 1.165) is 6.42 Å². The van der Waals surface area contributed by atoms with Crippen LogP contribution in [0.3, 0.4) is 0 Å². The molecule has 0 amide bonds. The Bertz CT molecular complexity index is 242. The van der Waals surface area contributed by atoms with E-state index < -0.39 is 0 Å². The first kappa shape index (κ1) is 20.7. The molecule has 0 saturated heterocycles. The zero-order chi connectivity index (χ0) is 16.0. The van der Waals surface area contributed by atoms with Crippen LogP contribution in [0.25, 0.3) is 0 Å². The zero-order valence-corrected chi connectivity index (χ0v) is 15.3. The highest BCUT2D eigenvalue weighted by atomic mass is 16.1. The van der Waals surface area contributed by atoms with E-state index in [1.807, 2.05) is 0 Å². The molecule has 0 aromatic heterocycles. The van der Waals surface area contributed by atoms with Gasteiger partial charge in [-0.2, -0.15) is 0 Å². The van der Waals surface area contributed by atoms with Gasteiger partial charge in [0, 0.05) is 5.41 Å². The van der Waals surface area contributed by atoms with Gasteiger partial charge in [-0.3, -0.25) is 4.79 Å². The van der Waals surface area contributed by atoms with Gasteiger partial charge in [-0.25, -0.2) is 0 Å². The molecule has 0 aliphatic rings.